The molecule has 0 aromatic carbocycles. The minimum Gasteiger partial charge on any atom is -0.469 e. The zero-order valence-corrected chi connectivity index (χ0v) is 10.8. The first-order chi connectivity index (χ1) is 8.20. The molecule has 0 spiro atoms. The first kappa shape index (κ1) is 12.5. The van der Waals surface area contributed by atoms with Crippen LogP contribution >= 0.6 is 11.8 Å². The van der Waals surface area contributed by atoms with Gasteiger partial charge in [-0.2, -0.15) is 11.8 Å². The van der Waals surface area contributed by atoms with Crippen LogP contribution in [-0.4, -0.2) is 42.1 Å². The number of aliphatic imine (C=N–C) groups is 1. The molecule has 0 aliphatic carbocycles. The Hall–Kier alpha value is -0.910. The molecule has 1 saturated heterocycles. The molecule has 2 aliphatic rings. The van der Waals surface area contributed by atoms with Crippen molar-refractivity contribution in [2.24, 2.45) is 10.7 Å². The van der Waals surface area contributed by atoms with E-state index in [0.29, 0.717) is 29.7 Å². The number of unbranched alkanes of at least 4 members (excludes halogenated alkanes) is 1. The third kappa shape index (κ3) is 3.06. The summed E-state index contributed by atoms with van der Waals surface area (Å²) in [6.45, 7) is 0. The average Bonchev–Trinajstić information content (AvgIpc) is 2.84. The molecule has 3 N–H and O–H groups in total. The van der Waals surface area contributed by atoms with E-state index in [1.807, 2.05) is 11.8 Å². The van der Waals surface area contributed by atoms with Crippen LogP contribution in [0, 0.1) is 0 Å². The Balaban J connectivity index is 1.68. The van der Waals surface area contributed by atoms with Gasteiger partial charge in [-0.25, -0.2) is 4.99 Å². The third-order valence-corrected chi connectivity index (χ3v) is 4.75. The van der Waals surface area contributed by atoms with Crippen LogP contribution < -0.4 is 11.1 Å². The molecule has 0 radical (unpaired) electrons. The van der Waals surface area contributed by atoms with Crippen molar-refractivity contribution in [2.75, 3.05) is 12.9 Å². The summed E-state index contributed by atoms with van der Waals surface area (Å²) in [5.74, 6) is 1.54. The molecule has 6 heteroatoms. The van der Waals surface area contributed by atoms with E-state index in [4.69, 9.17) is 5.73 Å². The van der Waals surface area contributed by atoms with E-state index in [1.54, 1.807) is 0 Å². The van der Waals surface area contributed by atoms with Crippen molar-refractivity contribution in [1.29, 1.82) is 0 Å². The van der Waals surface area contributed by atoms with Gasteiger partial charge in [0.15, 0.2) is 5.96 Å². The molecule has 0 aromatic heterocycles. The normalized spacial score (nSPS) is 30.6. The topological polar surface area (TPSA) is 76.7 Å². The second-order valence-corrected chi connectivity index (χ2v) is 5.72. The lowest BCUT2D eigenvalue weighted by atomic mass is 10.0. The Morgan fingerprint density at radius 1 is 1.65 bits per heavy atom. The molecule has 0 saturated carbocycles. The zero-order valence-electron chi connectivity index (χ0n) is 10.0. The fourth-order valence-corrected chi connectivity index (χ4v) is 3.86. The van der Waals surface area contributed by atoms with Crippen LogP contribution in [0.1, 0.15) is 25.7 Å². The quantitative estimate of drug-likeness (QED) is 0.554. The monoisotopic (exact) mass is 257 g/mol. The lowest BCUT2D eigenvalue weighted by Crippen LogP contribution is -2.38. The largest absolute Gasteiger partial charge is 0.469 e. The average molecular weight is 257 g/mol. The van der Waals surface area contributed by atoms with Crippen LogP contribution in [0.5, 0.6) is 0 Å². The number of rotatable bonds is 5. The van der Waals surface area contributed by atoms with Crippen molar-refractivity contribution in [3.8, 4) is 0 Å². The van der Waals surface area contributed by atoms with Crippen LogP contribution in [-0.2, 0) is 9.53 Å². The van der Waals surface area contributed by atoms with E-state index in [2.05, 4.69) is 15.0 Å². The summed E-state index contributed by atoms with van der Waals surface area (Å²) in [4.78, 5) is 15.4. The standard InChI is InChI=1S/C11H19N3O2S/c1-16-9(15)5-3-2-4-8-10-7(6-17-8)13-11(12)14-10/h7-8,10H,2-6H2,1H3,(H3,12,13,14). The van der Waals surface area contributed by atoms with Gasteiger partial charge in [0.1, 0.15) is 0 Å². The van der Waals surface area contributed by atoms with Gasteiger partial charge >= 0.3 is 5.97 Å². The van der Waals surface area contributed by atoms with E-state index >= 15 is 0 Å². The Labute approximate surface area is 106 Å². The van der Waals surface area contributed by atoms with Gasteiger partial charge in [0.25, 0.3) is 0 Å². The highest BCUT2D eigenvalue weighted by Crippen LogP contribution is 2.35. The molecule has 96 valence electrons. The maximum Gasteiger partial charge on any atom is 0.305 e. The molecule has 0 aromatic rings. The van der Waals surface area contributed by atoms with E-state index in [-0.39, 0.29) is 5.97 Å². The number of hydrogen-bond donors (Lipinski definition) is 2. The van der Waals surface area contributed by atoms with Crippen molar-refractivity contribution in [2.45, 2.75) is 43.0 Å². The number of nitrogens with zero attached hydrogens (tertiary/aromatic N) is 1. The molecule has 0 amide bonds. The van der Waals surface area contributed by atoms with Crippen LogP contribution in [0.25, 0.3) is 0 Å². The van der Waals surface area contributed by atoms with Gasteiger partial charge < -0.3 is 15.8 Å². The number of ether oxygens (including phenoxy) is 1. The predicted molar refractivity (Wildman–Crippen MR) is 69.1 cm³/mol. The number of methoxy groups -OCH3 is 1. The predicted octanol–water partition coefficient (Wildman–Crippen LogP) is 0.490. The molecule has 5 nitrogen and oxygen atoms in total. The summed E-state index contributed by atoms with van der Waals surface area (Å²) in [5, 5.41) is 3.74. The number of guanidine groups is 1. The van der Waals surface area contributed by atoms with Crippen LogP contribution in [0.3, 0.4) is 0 Å². The summed E-state index contributed by atoms with van der Waals surface area (Å²) in [7, 11) is 1.43. The highest BCUT2D eigenvalue weighted by Gasteiger charge is 2.39. The summed E-state index contributed by atoms with van der Waals surface area (Å²) < 4.78 is 4.61. The first-order valence-corrected chi connectivity index (χ1v) is 7.04. The molecule has 2 aliphatic heterocycles. The summed E-state index contributed by atoms with van der Waals surface area (Å²) in [5.41, 5.74) is 5.67. The van der Waals surface area contributed by atoms with E-state index in [9.17, 15) is 4.79 Å². The van der Waals surface area contributed by atoms with Crippen LogP contribution in [0.2, 0.25) is 0 Å². The van der Waals surface area contributed by atoms with Gasteiger partial charge in [-0.3, -0.25) is 4.79 Å². The Bertz CT molecular complexity index is 322. The highest BCUT2D eigenvalue weighted by molar-refractivity contribution is 8.00. The number of nitrogens with two attached hydrogens (primary N) is 1. The van der Waals surface area contributed by atoms with Crippen molar-refractivity contribution in [1.82, 2.24) is 5.32 Å². The molecule has 0 bridgehead atoms. The fraction of sp³-hybridized carbons (Fsp3) is 0.818. The van der Waals surface area contributed by atoms with Gasteiger partial charge in [-0.05, 0) is 12.8 Å². The number of fused-ring (bicyclic) bond motifs is 1. The number of hydrogen-bond acceptors (Lipinski definition) is 6. The molecule has 2 rings (SSSR count). The van der Waals surface area contributed by atoms with Crippen molar-refractivity contribution in [3.63, 3.8) is 0 Å². The third-order valence-electron chi connectivity index (χ3n) is 3.25. The number of nitrogens with one attached hydrogen (secondary N) is 1. The fourth-order valence-electron chi connectivity index (χ4n) is 2.34. The van der Waals surface area contributed by atoms with E-state index in [1.165, 1.54) is 7.11 Å². The van der Waals surface area contributed by atoms with Gasteiger partial charge in [0.05, 0.1) is 19.2 Å². The van der Waals surface area contributed by atoms with E-state index in [0.717, 1.165) is 25.0 Å². The van der Waals surface area contributed by atoms with Crippen molar-refractivity contribution < 1.29 is 9.53 Å². The molecule has 17 heavy (non-hydrogen) atoms. The summed E-state index contributed by atoms with van der Waals surface area (Å²) >= 11 is 1.96. The van der Waals surface area contributed by atoms with Crippen LogP contribution in [0.15, 0.2) is 4.99 Å². The van der Waals surface area contributed by atoms with Crippen LogP contribution in [0.4, 0.5) is 0 Å². The smallest absolute Gasteiger partial charge is 0.305 e. The number of carbonyl (C=O) groups excluding carboxylic acids is 1. The summed E-state index contributed by atoms with van der Waals surface area (Å²) in [6.07, 6.45) is 3.56. The maximum atomic E-state index is 11.0. The molecule has 3 unspecified atom stereocenters. The lowest BCUT2D eigenvalue weighted by Gasteiger charge is -2.13. The lowest BCUT2D eigenvalue weighted by molar-refractivity contribution is -0.140. The second kappa shape index (κ2) is 5.62. The Morgan fingerprint density at radius 3 is 3.24 bits per heavy atom. The Morgan fingerprint density at radius 2 is 2.47 bits per heavy atom. The molecule has 2 heterocycles. The molecule has 1 fully saturated rings. The SMILES string of the molecule is COC(=O)CCCCC1SCC2NC(N)=NC21. The molecular weight excluding hydrogens is 238 g/mol. The van der Waals surface area contributed by atoms with Crippen molar-refractivity contribution in [3.05, 3.63) is 0 Å². The number of carbonyl (C=O) groups is 1. The maximum absolute atomic E-state index is 11.0. The number of esters is 1. The van der Waals surface area contributed by atoms with Gasteiger partial charge in [-0.1, -0.05) is 6.42 Å². The molecular formula is C11H19N3O2S. The highest BCUT2D eigenvalue weighted by atomic mass is 32.2. The molecule has 3 atom stereocenters. The zero-order chi connectivity index (χ0) is 12.3. The van der Waals surface area contributed by atoms with Gasteiger partial charge in [0, 0.05) is 17.4 Å². The van der Waals surface area contributed by atoms with Gasteiger partial charge in [-0.15, -0.1) is 0 Å². The van der Waals surface area contributed by atoms with E-state index < -0.39 is 0 Å². The minimum atomic E-state index is -0.119. The van der Waals surface area contributed by atoms with Crippen molar-refractivity contribution >= 4 is 23.7 Å². The Kier molecular flexibility index (Phi) is 4.15. The minimum absolute atomic E-state index is 0.119. The van der Waals surface area contributed by atoms with Gasteiger partial charge in [0.2, 0.25) is 0 Å². The second-order valence-electron chi connectivity index (χ2n) is 4.45. The number of thioether (sulfide) groups is 1. The first-order valence-electron chi connectivity index (χ1n) is 5.99. The summed E-state index contributed by atoms with van der Waals surface area (Å²) in [6, 6.07) is 0.753.